The van der Waals surface area contributed by atoms with Gasteiger partial charge in [-0.25, -0.2) is 13.1 Å². The molecule has 0 heterocycles. The van der Waals surface area contributed by atoms with Crippen molar-refractivity contribution < 1.29 is 13.5 Å². The van der Waals surface area contributed by atoms with E-state index in [1.807, 2.05) is 30.3 Å². The molecule has 2 aromatic carbocycles. The van der Waals surface area contributed by atoms with E-state index in [1.54, 1.807) is 6.92 Å². The Balaban J connectivity index is 2.24. The van der Waals surface area contributed by atoms with Gasteiger partial charge in [-0.2, -0.15) is 0 Å². The average Bonchev–Trinajstić information content (AvgIpc) is 2.47. The second-order valence-electron chi connectivity index (χ2n) is 4.66. The fraction of sp³-hybridized carbons (Fsp3) is 0.200. The van der Waals surface area contributed by atoms with Crippen molar-refractivity contribution in [1.29, 1.82) is 0 Å². The Bertz CT molecular complexity index is 717. The molecule has 0 aliphatic rings. The topological polar surface area (TPSA) is 66.4 Å². The van der Waals surface area contributed by atoms with Crippen molar-refractivity contribution in [3.63, 3.8) is 0 Å². The van der Waals surface area contributed by atoms with Crippen molar-refractivity contribution in [2.24, 2.45) is 0 Å². The molecule has 0 aromatic heterocycles. The van der Waals surface area contributed by atoms with Crippen LogP contribution in [0.3, 0.4) is 0 Å². The Morgan fingerprint density at radius 3 is 2.43 bits per heavy atom. The highest BCUT2D eigenvalue weighted by Crippen LogP contribution is 2.22. The molecular formula is C15H16ClNO3S. The number of aliphatic hydroxyl groups is 1. The smallest absolute Gasteiger partial charge is 0.241 e. The van der Waals surface area contributed by atoms with Crippen LogP contribution in [0.15, 0.2) is 53.4 Å². The molecule has 0 spiro atoms. The summed E-state index contributed by atoms with van der Waals surface area (Å²) in [6.07, 6.45) is 0. The van der Waals surface area contributed by atoms with Gasteiger partial charge in [-0.15, -0.1) is 0 Å². The lowest BCUT2D eigenvalue weighted by Crippen LogP contribution is -2.26. The van der Waals surface area contributed by atoms with Crippen LogP contribution in [0.4, 0.5) is 0 Å². The predicted octanol–water partition coefficient (Wildman–Crippen LogP) is 2.87. The first-order valence-electron chi connectivity index (χ1n) is 6.40. The van der Waals surface area contributed by atoms with Crippen LogP contribution < -0.4 is 4.72 Å². The van der Waals surface area contributed by atoms with E-state index >= 15 is 0 Å². The second kappa shape index (κ2) is 6.58. The van der Waals surface area contributed by atoms with Crippen molar-refractivity contribution in [3.05, 3.63) is 64.7 Å². The summed E-state index contributed by atoms with van der Waals surface area (Å²) in [6.45, 7) is 1.55. The molecule has 0 aliphatic heterocycles. The summed E-state index contributed by atoms with van der Waals surface area (Å²) in [6, 6.07) is 13.2. The quantitative estimate of drug-likeness (QED) is 0.888. The number of halogens is 1. The summed E-state index contributed by atoms with van der Waals surface area (Å²) in [5.41, 5.74) is 1.37. The van der Waals surface area contributed by atoms with Crippen molar-refractivity contribution in [3.8, 4) is 0 Å². The highest BCUT2D eigenvalue weighted by molar-refractivity contribution is 7.89. The van der Waals surface area contributed by atoms with Gasteiger partial charge in [0.25, 0.3) is 0 Å². The maximum atomic E-state index is 12.3. The largest absolute Gasteiger partial charge is 0.392 e. The summed E-state index contributed by atoms with van der Waals surface area (Å²) in [4.78, 5) is 0.0764. The van der Waals surface area contributed by atoms with Crippen LogP contribution in [0.2, 0.25) is 5.02 Å². The summed E-state index contributed by atoms with van der Waals surface area (Å²) in [7, 11) is -3.67. The zero-order valence-corrected chi connectivity index (χ0v) is 13.0. The fourth-order valence-electron chi connectivity index (χ4n) is 1.93. The maximum absolute atomic E-state index is 12.3. The average molecular weight is 326 g/mol. The highest BCUT2D eigenvalue weighted by Gasteiger charge is 2.19. The number of rotatable bonds is 5. The van der Waals surface area contributed by atoms with Crippen LogP contribution in [0.1, 0.15) is 24.1 Å². The summed E-state index contributed by atoms with van der Waals surface area (Å²) < 4.78 is 27.3. The molecule has 2 rings (SSSR count). The van der Waals surface area contributed by atoms with Crippen LogP contribution in [-0.2, 0) is 16.6 Å². The van der Waals surface area contributed by atoms with Gasteiger partial charge in [0.2, 0.25) is 10.0 Å². The van der Waals surface area contributed by atoms with Gasteiger partial charge in [-0.05, 0) is 30.2 Å². The zero-order chi connectivity index (χ0) is 15.5. The van der Waals surface area contributed by atoms with Crippen LogP contribution in [0, 0.1) is 0 Å². The molecule has 21 heavy (non-hydrogen) atoms. The van der Waals surface area contributed by atoms with E-state index in [9.17, 15) is 8.42 Å². The van der Waals surface area contributed by atoms with Gasteiger partial charge in [0, 0.05) is 11.1 Å². The normalized spacial score (nSPS) is 13.1. The summed E-state index contributed by atoms with van der Waals surface area (Å²) >= 11 is 5.94. The Kier molecular flexibility index (Phi) is 5.00. The lowest BCUT2D eigenvalue weighted by atomic mass is 10.1. The lowest BCUT2D eigenvalue weighted by molar-refractivity contribution is 0.282. The first-order valence-corrected chi connectivity index (χ1v) is 8.26. The SMILES string of the molecule is CC(NS(=O)(=O)c1ccc(CO)c(Cl)c1)c1ccccc1. The zero-order valence-electron chi connectivity index (χ0n) is 11.5. The van der Waals surface area contributed by atoms with Crippen molar-refractivity contribution >= 4 is 21.6 Å². The van der Waals surface area contributed by atoms with Crippen LogP contribution in [-0.4, -0.2) is 13.5 Å². The molecule has 0 amide bonds. The molecule has 0 saturated heterocycles. The Hall–Kier alpha value is -1.40. The predicted molar refractivity (Wildman–Crippen MR) is 82.6 cm³/mol. The third-order valence-corrected chi connectivity index (χ3v) is 5.03. The van der Waals surface area contributed by atoms with Gasteiger partial charge in [-0.3, -0.25) is 0 Å². The Morgan fingerprint density at radius 1 is 1.19 bits per heavy atom. The van der Waals surface area contributed by atoms with E-state index in [2.05, 4.69) is 4.72 Å². The van der Waals surface area contributed by atoms with Crippen LogP contribution in [0.5, 0.6) is 0 Å². The standard InChI is InChI=1S/C15H16ClNO3S/c1-11(12-5-3-2-4-6-12)17-21(19,20)14-8-7-13(10-18)15(16)9-14/h2-9,11,17-18H,10H2,1H3. The van der Waals surface area contributed by atoms with Crippen molar-refractivity contribution in [2.45, 2.75) is 24.5 Å². The number of hydrogen-bond donors (Lipinski definition) is 2. The molecule has 2 aromatic rings. The molecule has 0 fully saturated rings. The second-order valence-corrected chi connectivity index (χ2v) is 6.79. The third-order valence-electron chi connectivity index (χ3n) is 3.14. The number of nitrogens with one attached hydrogen (secondary N) is 1. The molecule has 0 aliphatic carbocycles. The molecule has 6 heteroatoms. The number of aliphatic hydroxyl groups excluding tert-OH is 1. The number of hydrogen-bond acceptors (Lipinski definition) is 3. The molecule has 0 bridgehead atoms. The molecule has 112 valence electrons. The monoisotopic (exact) mass is 325 g/mol. The third kappa shape index (κ3) is 3.83. The minimum Gasteiger partial charge on any atom is -0.392 e. The highest BCUT2D eigenvalue weighted by atomic mass is 35.5. The van der Waals surface area contributed by atoms with Crippen LogP contribution in [0.25, 0.3) is 0 Å². The fourth-order valence-corrected chi connectivity index (χ4v) is 3.50. The molecule has 1 atom stereocenters. The summed E-state index contributed by atoms with van der Waals surface area (Å²) in [5.74, 6) is 0. The van der Waals surface area contributed by atoms with E-state index in [-0.39, 0.29) is 22.6 Å². The Morgan fingerprint density at radius 2 is 1.86 bits per heavy atom. The van der Waals surface area contributed by atoms with E-state index < -0.39 is 10.0 Å². The van der Waals surface area contributed by atoms with Gasteiger partial charge in [-0.1, -0.05) is 48.0 Å². The van der Waals surface area contributed by atoms with Crippen LogP contribution >= 0.6 is 11.6 Å². The lowest BCUT2D eigenvalue weighted by Gasteiger charge is -2.15. The van der Waals surface area contributed by atoms with Gasteiger partial charge >= 0.3 is 0 Å². The van der Waals surface area contributed by atoms with E-state index in [1.165, 1.54) is 18.2 Å². The van der Waals surface area contributed by atoms with Gasteiger partial charge < -0.3 is 5.11 Å². The first kappa shape index (κ1) is 16.0. The van der Waals surface area contributed by atoms with E-state index in [4.69, 9.17) is 16.7 Å². The van der Waals surface area contributed by atoms with Gasteiger partial charge in [0.15, 0.2) is 0 Å². The molecule has 2 N–H and O–H groups in total. The molecule has 0 saturated carbocycles. The van der Waals surface area contributed by atoms with Crippen molar-refractivity contribution in [2.75, 3.05) is 0 Å². The van der Waals surface area contributed by atoms with Gasteiger partial charge in [0.1, 0.15) is 0 Å². The summed E-state index contributed by atoms with van der Waals surface area (Å²) in [5, 5.41) is 9.29. The van der Waals surface area contributed by atoms with Crippen molar-refractivity contribution in [1.82, 2.24) is 4.72 Å². The maximum Gasteiger partial charge on any atom is 0.241 e. The molecule has 1 unspecified atom stereocenters. The minimum atomic E-state index is -3.67. The van der Waals surface area contributed by atoms with E-state index in [0.29, 0.717) is 5.56 Å². The number of sulfonamides is 1. The molecular weight excluding hydrogens is 310 g/mol. The molecule has 4 nitrogen and oxygen atoms in total. The minimum absolute atomic E-state index is 0.0764. The number of benzene rings is 2. The Labute approximate surface area is 129 Å². The molecule has 0 radical (unpaired) electrons. The van der Waals surface area contributed by atoms with E-state index in [0.717, 1.165) is 5.56 Å². The first-order chi connectivity index (χ1) is 9.94. The van der Waals surface area contributed by atoms with Gasteiger partial charge in [0.05, 0.1) is 11.5 Å².